The number of rotatable bonds is 5. The third-order valence-corrected chi connectivity index (χ3v) is 3.38. The second-order valence-corrected chi connectivity index (χ2v) is 4.59. The average Bonchev–Trinajstić information content (AvgIpc) is 2.81. The van der Waals surface area contributed by atoms with Crippen molar-refractivity contribution in [1.29, 1.82) is 0 Å². The van der Waals surface area contributed by atoms with Gasteiger partial charge < -0.3 is 9.73 Å². The van der Waals surface area contributed by atoms with E-state index in [0.29, 0.717) is 0 Å². The Labute approximate surface area is 97.0 Å². The van der Waals surface area contributed by atoms with E-state index in [4.69, 9.17) is 4.42 Å². The molecule has 1 aliphatic rings. The standard InChI is InChI=1S/C12H21N3O/c1-13-5-2-11-3-6-15(7-4-11)8-12-9-16-10-14-12/h9-11,13H,2-8H2,1H3. The van der Waals surface area contributed by atoms with Gasteiger partial charge in [0.05, 0.1) is 5.69 Å². The van der Waals surface area contributed by atoms with Gasteiger partial charge >= 0.3 is 0 Å². The highest BCUT2D eigenvalue weighted by Crippen LogP contribution is 2.20. The summed E-state index contributed by atoms with van der Waals surface area (Å²) in [5.41, 5.74) is 1.05. The molecule has 16 heavy (non-hydrogen) atoms. The quantitative estimate of drug-likeness (QED) is 0.821. The molecule has 0 unspecified atom stereocenters. The lowest BCUT2D eigenvalue weighted by atomic mass is 9.93. The van der Waals surface area contributed by atoms with Gasteiger partial charge in [0, 0.05) is 6.54 Å². The predicted molar refractivity (Wildman–Crippen MR) is 63.0 cm³/mol. The normalized spacial score (nSPS) is 19.1. The Morgan fingerprint density at radius 2 is 2.31 bits per heavy atom. The molecule has 4 nitrogen and oxygen atoms in total. The Morgan fingerprint density at radius 1 is 1.50 bits per heavy atom. The van der Waals surface area contributed by atoms with E-state index in [1.807, 2.05) is 7.05 Å². The van der Waals surface area contributed by atoms with Crippen molar-refractivity contribution >= 4 is 0 Å². The zero-order valence-corrected chi connectivity index (χ0v) is 9.98. The van der Waals surface area contributed by atoms with Crippen molar-refractivity contribution in [1.82, 2.24) is 15.2 Å². The highest BCUT2D eigenvalue weighted by atomic mass is 16.3. The molecule has 2 rings (SSSR count). The van der Waals surface area contributed by atoms with E-state index in [0.717, 1.165) is 24.7 Å². The van der Waals surface area contributed by atoms with Crippen molar-refractivity contribution < 1.29 is 4.42 Å². The molecule has 0 aliphatic carbocycles. The van der Waals surface area contributed by atoms with Gasteiger partial charge in [-0.3, -0.25) is 4.90 Å². The number of likely N-dealkylation sites (tertiary alicyclic amines) is 1. The van der Waals surface area contributed by atoms with Gasteiger partial charge in [0.1, 0.15) is 6.26 Å². The molecule has 90 valence electrons. The van der Waals surface area contributed by atoms with Crippen molar-refractivity contribution in [3.05, 3.63) is 18.4 Å². The summed E-state index contributed by atoms with van der Waals surface area (Å²) in [6, 6.07) is 0. The zero-order chi connectivity index (χ0) is 11.2. The lowest BCUT2D eigenvalue weighted by Gasteiger charge is -2.31. The average molecular weight is 223 g/mol. The largest absolute Gasteiger partial charge is 0.451 e. The van der Waals surface area contributed by atoms with Crippen LogP contribution in [0, 0.1) is 5.92 Å². The molecular weight excluding hydrogens is 202 g/mol. The van der Waals surface area contributed by atoms with Crippen LogP contribution >= 0.6 is 0 Å². The van der Waals surface area contributed by atoms with Crippen molar-refractivity contribution in [2.75, 3.05) is 26.7 Å². The van der Waals surface area contributed by atoms with Gasteiger partial charge in [-0.25, -0.2) is 4.98 Å². The summed E-state index contributed by atoms with van der Waals surface area (Å²) in [4.78, 5) is 6.63. The van der Waals surface area contributed by atoms with Crippen LogP contribution in [0.25, 0.3) is 0 Å². The number of oxazole rings is 1. The van der Waals surface area contributed by atoms with Crippen molar-refractivity contribution in [3.63, 3.8) is 0 Å². The number of piperidine rings is 1. The number of nitrogens with zero attached hydrogens (tertiary/aromatic N) is 2. The molecule has 2 heterocycles. The Bertz CT molecular complexity index is 278. The molecule has 1 saturated heterocycles. The Hall–Kier alpha value is -0.870. The number of hydrogen-bond acceptors (Lipinski definition) is 4. The predicted octanol–water partition coefficient (Wildman–Crippen LogP) is 1.50. The zero-order valence-electron chi connectivity index (χ0n) is 9.98. The van der Waals surface area contributed by atoms with Crippen LogP contribution in [-0.2, 0) is 6.54 Å². The minimum absolute atomic E-state index is 0.904. The van der Waals surface area contributed by atoms with Crippen molar-refractivity contribution in [2.45, 2.75) is 25.8 Å². The fourth-order valence-electron chi connectivity index (χ4n) is 2.33. The maximum Gasteiger partial charge on any atom is 0.180 e. The van der Waals surface area contributed by atoms with Crippen molar-refractivity contribution in [3.8, 4) is 0 Å². The van der Waals surface area contributed by atoms with Crippen LogP contribution in [0.2, 0.25) is 0 Å². The Kier molecular flexibility index (Phi) is 4.36. The molecule has 1 N–H and O–H groups in total. The third kappa shape index (κ3) is 3.32. The molecule has 1 aliphatic heterocycles. The second kappa shape index (κ2) is 6.01. The molecule has 1 aromatic rings. The Morgan fingerprint density at radius 3 is 2.94 bits per heavy atom. The van der Waals surface area contributed by atoms with Gasteiger partial charge in [0.25, 0.3) is 0 Å². The SMILES string of the molecule is CNCCC1CCN(Cc2cocn2)CC1. The summed E-state index contributed by atoms with van der Waals surface area (Å²) in [5, 5.41) is 3.23. The maximum absolute atomic E-state index is 4.98. The van der Waals surface area contributed by atoms with Gasteiger partial charge in [0.15, 0.2) is 6.39 Å². The molecule has 0 saturated carbocycles. The van der Waals surface area contributed by atoms with Crippen LogP contribution in [0.3, 0.4) is 0 Å². The molecule has 0 amide bonds. The van der Waals surface area contributed by atoms with E-state index in [9.17, 15) is 0 Å². The van der Waals surface area contributed by atoms with Crippen LogP contribution in [0.1, 0.15) is 25.0 Å². The minimum Gasteiger partial charge on any atom is -0.451 e. The monoisotopic (exact) mass is 223 g/mol. The summed E-state index contributed by atoms with van der Waals surface area (Å²) in [6.45, 7) is 4.48. The number of nitrogens with one attached hydrogen (secondary N) is 1. The van der Waals surface area contributed by atoms with Crippen LogP contribution in [0.4, 0.5) is 0 Å². The van der Waals surface area contributed by atoms with Gasteiger partial charge in [-0.05, 0) is 51.9 Å². The lowest BCUT2D eigenvalue weighted by molar-refractivity contribution is 0.170. The molecule has 0 atom stereocenters. The van der Waals surface area contributed by atoms with Crippen LogP contribution in [0.15, 0.2) is 17.1 Å². The third-order valence-electron chi connectivity index (χ3n) is 3.38. The summed E-state index contributed by atoms with van der Waals surface area (Å²) in [7, 11) is 2.03. The van der Waals surface area contributed by atoms with Crippen LogP contribution in [-0.4, -0.2) is 36.6 Å². The molecule has 0 spiro atoms. The molecule has 0 aromatic carbocycles. The molecule has 1 fully saturated rings. The first-order valence-corrected chi connectivity index (χ1v) is 6.12. The van der Waals surface area contributed by atoms with E-state index in [1.165, 1.54) is 38.7 Å². The summed E-state index contributed by atoms with van der Waals surface area (Å²) < 4.78 is 4.98. The van der Waals surface area contributed by atoms with Crippen molar-refractivity contribution in [2.24, 2.45) is 5.92 Å². The molecular formula is C12H21N3O. The van der Waals surface area contributed by atoms with E-state index < -0.39 is 0 Å². The van der Waals surface area contributed by atoms with E-state index in [-0.39, 0.29) is 0 Å². The molecule has 0 bridgehead atoms. The minimum atomic E-state index is 0.904. The Balaban J connectivity index is 1.69. The van der Waals surface area contributed by atoms with E-state index in [2.05, 4.69) is 15.2 Å². The highest BCUT2D eigenvalue weighted by molar-refractivity contribution is 4.91. The molecule has 0 radical (unpaired) electrons. The smallest absolute Gasteiger partial charge is 0.180 e. The first-order valence-electron chi connectivity index (χ1n) is 6.12. The number of aromatic nitrogens is 1. The second-order valence-electron chi connectivity index (χ2n) is 4.59. The highest BCUT2D eigenvalue weighted by Gasteiger charge is 2.19. The summed E-state index contributed by atoms with van der Waals surface area (Å²) in [5.74, 6) is 0.904. The summed E-state index contributed by atoms with van der Waals surface area (Å²) in [6.07, 6.45) is 7.20. The first kappa shape index (κ1) is 11.6. The van der Waals surface area contributed by atoms with E-state index >= 15 is 0 Å². The fraction of sp³-hybridized carbons (Fsp3) is 0.750. The van der Waals surface area contributed by atoms with E-state index in [1.54, 1.807) is 6.26 Å². The van der Waals surface area contributed by atoms with Gasteiger partial charge in [-0.1, -0.05) is 0 Å². The topological polar surface area (TPSA) is 41.3 Å². The van der Waals surface area contributed by atoms with Gasteiger partial charge in [-0.2, -0.15) is 0 Å². The number of hydrogen-bond donors (Lipinski definition) is 1. The summed E-state index contributed by atoms with van der Waals surface area (Å²) >= 11 is 0. The van der Waals surface area contributed by atoms with Gasteiger partial charge in [-0.15, -0.1) is 0 Å². The first-order chi connectivity index (χ1) is 7.88. The maximum atomic E-state index is 4.98. The van der Waals surface area contributed by atoms with Crippen LogP contribution in [0.5, 0.6) is 0 Å². The fourth-order valence-corrected chi connectivity index (χ4v) is 2.33. The lowest BCUT2D eigenvalue weighted by Crippen LogP contribution is -2.34. The molecule has 1 aromatic heterocycles. The van der Waals surface area contributed by atoms with Gasteiger partial charge in [0.2, 0.25) is 0 Å². The molecule has 4 heteroatoms. The van der Waals surface area contributed by atoms with Crippen LogP contribution < -0.4 is 5.32 Å².